The van der Waals surface area contributed by atoms with Crippen LogP contribution in [-0.2, 0) is 0 Å². The number of anilines is 2. The molecule has 0 amide bonds. The first-order chi connectivity index (χ1) is 10.3. The summed E-state index contributed by atoms with van der Waals surface area (Å²) in [6.07, 6.45) is 10.4. The standard InChI is InChI=1S/C17H20N4/c1-4-6-13-14(15-11(2)10-20-21-15)9-12-7-5-8-19-16(12)17(13)18-3/h4-7,9-10,18-19H,8H2,1-3H3,(H,20,21)/b6-4-. The lowest BCUT2D eigenvalue weighted by molar-refractivity contribution is 1.09. The van der Waals surface area contributed by atoms with E-state index >= 15 is 0 Å². The molecule has 3 N–H and O–H groups in total. The zero-order valence-corrected chi connectivity index (χ0v) is 12.6. The Morgan fingerprint density at radius 1 is 1.38 bits per heavy atom. The van der Waals surface area contributed by atoms with Crippen LogP contribution in [0.2, 0.25) is 0 Å². The molecule has 4 nitrogen and oxygen atoms in total. The second-order valence-corrected chi connectivity index (χ2v) is 5.14. The molecule has 0 spiro atoms. The molecule has 0 fully saturated rings. The summed E-state index contributed by atoms with van der Waals surface area (Å²) < 4.78 is 0. The minimum Gasteiger partial charge on any atom is -0.386 e. The number of H-pyrrole nitrogens is 1. The molecule has 0 saturated heterocycles. The van der Waals surface area contributed by atoms with Crippen molar-refractivity contribution in [3.05, 3.63) is 41.1 Å². The van der Waals surface area contributed by atoms with Crippen molar-refractivity contribution in [3.63, 3.8) is 0 Å². The topological polar surface area (TPSA) is 52.7 Å². The Balaban J connectivity index is 2.33. The Bertz CT molecular complexity index is 723. The van der Waals surface area contributed by atoms with Gasteiger partial charge in [0.15, 0.2) is 0 Å². The largest absolute Gasteiger partial charge is 0.386 e. The average molecular weight is 280 g/mol. The maximum atomic E-state index is 4.16. The SMILES string of the molecule is C/C=C\c1c(-c2[nH]ncc2C)cc2c(c1NC)NCC=C2. The van der Waals surface area contributed by atoms with Gasteiger partial charge in [0, 0.05) is 30.3 Å². The van der Waals surface area contributed by atoms with Gasteiger partial charge >= 0.3 is 0 Å². The molecule has 1 aromatic heterocycles. The van der Waals surface area contributed by atoms with Crippen LogP contribution in [0.15, 0.2) is 24.4 Å². The van der Waals surface area contributed by atoms with Gasteiger partial charge in [-0.1, -0.05) is 24.3 Å². The fourth-order valence-electron chi connectivity index (χ4n) is 2.81. The van der Waals surface area contributed by atoms with Crippen LogP contribution in [0.4, 0.5) is 11.4 Å². The minimum atomic E-state index is 0.861. The molecule has 1 aromatic carbocycles. The van der Waals surface area contributed by atoms with E-state index in [1.807, 2.05) is 20.2 Å². The summed E-state index contributed by atoms with van der Waals surface area (Å²) in [4.78, 5) is 0. The van der Waals surface area contributed by atoms with Gasteiger partial charge in [-0.05, 0) is 25.5 Å². The van der Waals surface area contributed by atoms with Crippen LogP contribution in [0.1, 0.15) is 23.6 Å². The van der Waals surface area contributed by atoms with E-state index in [0.717, 1.165) is 29.2 Å². The molecule has 0 aliphatic carbocycles. The van der Waals surface area contributed by atoms with E-state index in [0.29, 0.717) is 0 Å². The van der Waals surface area contributed by atoms with Gasteiger partial charge < -0.3 is 10.6 Å². The Morgan fingerprint density at radius 3 is 2.90 bits per heavy atom. The lowest BCUT2D eigenvalue weighted by Crippen LogP contribution is -2.09. The zero-order chi connectivity index (χ0) is 14.8. The number of nitrogens with one attached hydrogen (secondary N) is 3. The van der Waals surface area contributed by atoms with Crippen molar-refractivity contribution in [3.8, 4) is 11.3 Å². The number of hydrogen-bond acceptors (Lipinski definition) is 3. The molecular weight excluding hydrogens is 260 g/mol. The maximum absolute atomic E-state index is 4.16. The molecule has 1 aliphatic rings. The highest BCUT2D eigenvalue weighted by Gasteiger charge is 2.18. The second kappa shape index (κ2) is 5.48. The number of allylic oxidation sites excluding steroid dienone is 1. The van der Waals surface area contributed by atoms with Crippen LogP contribution < -0.4 is 10.6 Å². The van der Waals surface area contributed by atoms with Crippen LogP contribution in [0.5, 0.6) is 0 Å². The molecule has 2 heterocycles. The fourth-order valence-corrected chi connectivity index (χ4v) is 2.81. The van der Waals surface area contributed by atoms with Crippen molar-refractivity contribution in [1.29, 1.82) is 0 Å². The van der Waals surface area contributed by atoms with Gasteiger partial charge in [-0.3, -0.25) is 5.10 Å². The first-order valence-electron chi connectivity index (χ1n) is 7.18. The van der Waals surface area contributed by atoms with Gasteiger partial charge in [0.25, 0.3) is 0 Å². The van der Waals surface area contributed by atoms with E-state index in [2.05, 4.69) is 58.1 Å². The van der Waals surface area contributed by atoms with Crippen molar-refractivity contribution in [2.75, 3.05) is 24.2 Å². The third-order valence-electron chi connectivity index (χ3n) is 3.77. The number of fused-ring (bicyclic) bond motifs is 1. The van der Waals surface area contributed by atoms with Crippen LogP contribution in [-0.4, -0.2) is 23.8 Å². The van der Waals surface area contributed by atoms with Gasteiger partial charge in [-0.2, -0.15) is 5.10 Å². The van der Waals surface area contributed by atoms with Gasteiger partial charge in [0.05, 0.1) is 23.3 Å². The molecule has 4 heteroatoms. The third-order valence-corrected chi connectivity index (χ3v) is 3.77. The molecule has 1 aliphatic heterocycles. The van der Waals surface area contributed by atoms with Crippen molar-refractivity contribution in [1.82, 2.24) is 10.2 Å². The van der Waals surface area contributed by atoms with Gasteiger partial charge in [0.2, 0.25) is 0 Å². The lowest BCUT2D eigenvalue weighted by Gasteiger charge is -2.22. The number of benzene rings is 1. The van der Waals surface area contributed by atoms with Crippen LogP contribution in [0.25, 0.3) is 23.4 Å². The van der Waals surface area contributed by atoms with Crippen molar-refractivity contribution >= 4 is 23.5 Å². The quantitative estimate of drug-likeness (QED) is 0.799. The number of aromatic amines is 1. The molecule has 108 valence electrons. The highest BCUT2D eigenvalue weighted by atomic mass is 15.1. The fraction of sp³-hybridized carbons (Fsp3) is 0.235. The van der Waals surface area contributed by atoms with Crippen LogP contribution in [0.3, 0.4) is 0 Å². The Morgan fingerprint density at radius 2 is 2.24 bits per heavy atom. The van der Waals surface area contributed by atoms with Crippen molar-refractivity contribution in [2.45, 2.75) is 13.8 Å². The highest BCUT2D eigenvalue weighted by Crippen LogP contribution is 2.40. The van der Waals surface area contributed by atoms with Gasteiger partial charge in [-0.15, -0.1) is 0 Å². The van der Waals surface area contributed by atoms with Crippen LogP contribution in [0, 0.1) is 6.92 Å². The van der Waals surface area contributed by atoms with E-state index in [1.165, 1.54) is 16.7 Å². The number of aryl methyl sites for hydroxylation is 1. The summed E-state index contributed by atoms with van der Waals surface area (Å²) in [6.45, 7) is 4.97. The summed E-state index contributed by atoms with van der Waals surface area (Å²) in [7, 11) is 1.96. The molecular formula is C17H20N4. The smallest absolute Gasteiger partial charge is 0.0686 e. The summed E-state index contributed by atoms with van der Waals surface area (Å²) in [5, 5.41) is 14.1. The lowest BCUT2D eigenvalue weighted by atomic mass is 9.94. The number of aromatic nitrogens is 2. The maximum Gasteiger partial charge on any atom is 0.0686 e. The van der Waals surface area contributed by atoms with Gasteiger partial charge in [-0.25, -0.2) is 0 Å². The number of nitrogens with zero attached hydrogens (tertiary/aromatic N) is 1. The minimum absolute atomic E-state index is 0.861. The predicted octanol–water partition coefficient (Wildman–Crippen LogP) is 3.90. The van der Waals surface area contributed by atoms with E-state index in [9.17, 15) is 0 Å². The Labute approximate surface area is 125 Å². The normalized spacial score (nSPS) is 13.3. The Hall–Kier alpha value is -2.49. The third kappa shape index (κ3) is 2.23. The van der Waals surface area contributed by atoms with Crippen LogP contribution >= 0.6 is 0 Å². The van der Waals surface area contributed by atoms with Crippen molar-refractivity contribution in [2.24, 2.45) is 0 Å². The molecule has 3 rings (SSSR count). The second-order valence-electron chi connectivity index (χ2n) is 5.14. The summed E-state index contributed by atoms with van der Waals surface area (Å²) in [6, 6.07) is 2.22. The number of rotatable bonds is 3. The molecule has 0 radical (unpaired) electrons. The zero-order valence-electron chi connectivity index (χ0n) is 12.6. The predicted molar refractivity (Wildman–Crippen MR) is 90.5 cm³/mol. The molecule has 0 atom stereocenters. The van der Waals surface area contributed by atoms with E-state index in [4.69, 9.17) is 0 Å². The van der Waals surface area contributed by atoms with E-state index < -0.39 is 0 Å². The molecule has 0 bridgehead atoms. The Kier molecular flexibility index (Phi) is 3.52. The summed E-state index contributed by atoms with van der Waals surface area (Å²) in [5.74, 6) is 0. The molecule has 0 saturated carbocycles. The van der Waals surface area contributed by atoms with Crippen molar-refractivity contribution < 1.29 is 0 Å². The highest BCUT2D eigenvalue weighted by molar-refractivity contribution is 5.95. The first-order valence-corrected chi connectivity index (χ1v) is 7.18. The molecule has 0 unspecified atom stereocenters. The first kappa shape index (κ1) is 13.5. The number of hydrogen-bond donors (Lipinski definition) is 3. The molecule has 21 heavy (non-hydrogen) atoms. The van der Waals surface area contributed by atoms with E-state index in [-0.39, 0.29) is 0 Å². The molecule has 2 aromatic rings. The van der Waals surface area contributed by atoms with E-state index in [1.54, 1.807) is 0 Å². The van der Waals surface area contributed by atoms with Gasteiger partial charge in [0.1, 0.15) is 0 Å². The monoisotopic (exact) mass is 280 g/mol. The average Bonchev–Trinajstić information content (AvgIpc) is 2.93. The summed E-state index contributed by atoms with van der Waals surface area (Å²) >= 11 is 0. The summed E-state index contributed by atoms with van der Waals surface area (Å²) in [5.41, 5.74) is 8.04.